The second-order valence-electron chi connectivity index (χ2n) is 8.73. The number of amides is 2. The third-order valence-electron chi connectivity index (χ3n) is 6.51. The summed E-state index contributed by atoms with van der Waals surface area (Å²) in [7, 11) is 3.60. The number of anilines is 1. The molecule has 2 heterocycles. The monoisotopic (exact) mass is 399 g/mol. The first kappa shape index (κ1) is 20.0. The average Bonchev–Trinajstić information content (AvgIpc) is 3.21. The number of carbonyl (C=O) groups is 1. The fourth-order valence-electron chi connectivity index (χ4n) is 4.54. The Morgan fingerprint density at radius 2 is 1.93 bits per heavy atom. The van der Waals surface area contributed by atoms with Gasteiger partial charge >= 0.3 is 6.03 Å². The zero-order chi connectivity index (χ0) is 20.2. The molecular formula is C22H33N5O2. The molecule has 0 atom stereocenters. The lowest BCUT2D eigenvalue weighted by atomic mass is 9.84. The fraction of sp³-hybridized carbons (Fsp3) is 0.636. The summed E-state index contributed by atoms with van der Waals surface area (Å²) in [5.74, 6) is 0.800. The summed E-state index contributed by atoms with van der Waals surface area (Å²) in [6.07, 6.45) is 7.73. The predicted molar refractivity (Wildman–Crippen MR) is 115 cm³/mol. The molecule has 158 valence electrons. The minimum absolute atomic E-state index is 0.0359. The van der Waals surface area contributed by atoms with Crippen molar-refractivity contribution in [3.63, 3.8) is 0 Å². The number of nitrogens with zero attached hydrogens (tertiary/aromatic N) is 4. The molecule has 1 aliphatic carbocycles. The number of benzene rings is 1. The maximum atomic E-state index is 11.8. The Bertz CT molecular complexity index is 804. The van der Waals surface area contributed by atoms with Crippen LogP contribution in [0.4, 0.5) is 10.5 Å². The molecule has 1 saturated heterocycles. The Balaban J connectivity index is 1.16. The fourth-order valence-corrected chi connectivity index (χ4v) is 4.54. The van der Waals surface area contributed by atoms with Crippen molar-refractivity contribution < 1.29 is 9.32 Å². The molecule has 2 amide bonds. The van der Waals surface area contributed by atoms with E-state index in [-0.39, 0.29) is 6.03 Å². The second kappa shape index (κ2) is 9.03. The van der Waals surface area contributed by atoms with E-state index in [1.165, 1.54) is 31.5 Å². The Morgan fingerprint density at radius 3 is 2.66 bits per heavy atom. The van der Waals surface area contributed by atoms with Gasteiger partial charge in [-0.1, -0.05) is 5.16 Å². The van der Waals surface area contributed by atoms with Gasteiger partial charge in [-0.05, 0) is 56.7 Å². The van der Waals surface area contributed by atoms with E-state index in [0.717, 1.165) is 55.9 Å². The Kier molecular flexibility index (Phi) is 6.23. The highest BCUT2D eigenvalue weighted by atomic mass is 16.5. The van der Waals surface area contributed by atoms with Crippen molar-refractivity contribution in [1.82, 2.24) is 20.3 Å². The van der Waals surface area contributed by atoms with E-state index in [1.54, 1.807) is 25.2 Å². The largest absolute Gasteiger partial charge is 0.369 e. The summed E-state index contributed by atoms with van der Waals surface area (Å²) < 4.78 is 5.30. The van der Waals surface area contributed by atoms with E-state index in [0.29, 0.717) is 6.04 Å². The van der Waals surface area contributed by atoms with Crippen LogP contribution in [0.2, 0.25) is 0 Å². The molecule has 0 radical (unpaired) electrons. The first-order chi connectivity index (χ1) is 14.1. The molecule has 1 aromatic carbocycles. The summed E-state index contributed by atoms with van der Waals surface area (Å²) in [6.45, 7) is 5.53. The van der Waals surface area contributed by atoms with Gasteiger partial charge in [0.15, 0.2) is 5.58 Å². The van der Waals surface area contributed by atoms with Gasteiger partial charge in [0, 0.05) is 63.5 Å². The normalized spacial score (nSPS) is 23.3. The van der Waals surface area contributed by atoms with E-state index in [1.807, 2.05) is 0 Å². The van der Waals surface area contributed by atoms with Crippen LogP contribution in [-0.4, -0.2) is 73.8 Å². The van der Waals surface area contributed by atoms with Crippen molar-refractivity contribution >= 4 is 22.7 Å². The minimum Gasteiger partial charge on any atom is -0.369 e. The molecule has 1 aromatic heterocycles. The lowest BCUT2D eigenvalue weighted by molar-refractivity contribution is 0.194. The molecule has 0 bridgehead atoms. The second-order valence-corrected chi connectivity index (χ2v) is 8.73. The standard InChI is InChI=1S/C22H33N5O2/c1-25(2)22(28)24-19-6-3-17(4-7-19)9-10-26-11-13-27(14-12-26)20-8-5-18-16-23-29-21(18)15-20/h5,8,15-17,19H,3-4,6-7,9-14H2,1-2H3,(H,24,28)/t17-,19-. The van der Waals surface area contributed by atoms with Crippen LogP contribution in [0.25, 0.3) is 11.0 Å². The number of piperazine rings is 1. The molecule has 4 rings (SSSR count). The van der Waals surface area contributed by atoms with Crippen molar-refractivity contribution in [2.75, 3.05) is 51.7 Å². The van der Waals surface area contributed by atoms with Crippen LogP contribution < -0.4 is 10.2 Å². The number of nitrogens with one attached hydrogen (secondary N) is 1. The first-order valence-electron chi connectivity index (χ1n) is 10.9. The maximum absolute atomic E-state index is 11.8. The molecule has 29 heavy (non-hydrogen) atoms. The van der Waals surface area contributed by atoms with Gasteiger partial charge in [-0.15, -0.1) is 0 Å². The van der Waals surface area contributed by atoms with E-state index in [4.69, 9.17) is 4.52 Å². The van der Waals surface area contributed by atoms with E-state index < -0.39 is 0 Å². The van der Waals surface area contributed by atoms with Crippen LogP contribution in [-0.2, 0) is 0 Å². The zero-order valence-corrected chi connectivity index (χ0v) is 17.6. The summed E-state index contributed by atoms with van der Waals surface area (Å²) in [4.78, 5) is 18.5. The van der Waals surface area contributed by atoms with E-state index >= 15 is 0 Å². The summed E-state index contributed by atoms with van der Waals surface area (Å²) >= 11 is 0. The van der Waals surface area contributed by atoms with Crippen molar-refractivity contribution in [3.05, 3.63) is 24.4 Å². The average molecular weight is 400 g/mol. The number of hydrogen-bond donors (Lipinski definition) is 1. The molecule has 1 saturated carbocycles. The van der Waals surface area contributed by atoms with E-state index in [2.05, 4.69) is 38.5 Å². The number of carbonyl (C=O) groups excluding carboxylic acids is 1. The van der Waals surface area contributed by atoms with Crippen molar-refractivity contribution in [1.29, 1.82) is 0 Å². The van der Waals surface area contributed by atoms with Crippen LogP contribution in [0.3, 0.4) is 0 Å². The highest BCUT2D eigenvalue weighted by Gasteiger charge is 2.24. The minimum atomic E-state index is 0.0359. The lowest BCUT2D eigenvalue weighted by Crippen LogP contribution is -2.47. The van der Waals surface area contributed by atoms with E-state index in [9.17, 15) is 4.79 Å². The zero-order valence-electron chi connectivity index (χ0n) is 17.6. The molecular weight excluding hydrogens is 366 g/mol. The molecule has 1 N–H and O–H groups in total. The van der Waals surface area contributed by atoms with Gasteiger partial charge in [0.25, 0.3) is 0 Å². The highest BCUT2D eigenvalue weighted by Crippen LogP contribution is 2.28. The van der Waals surface area contributed by atoms with Gasteiger partial charge in [0.2, 0.25) is 0 Å². The van der Waals surface area contributed by atoms with Gasteiger partial charge in [-0.2, -0.15) is 0 Å². The molecule has 0 unspecified atom stereocenters. The third-order valence-corrected chi connectivity index (χ3v) is 6.51. The molecule has 2 fully saturated rings. The van der Waals surface area contributed by atoms with Gasteiger partial charge in [-0.3, -0.25) is 4.90 Å². The smallest absolute Gasteiger partial charge is 0.317 e. The molecule has 7 nitrogen and oxygen atoms in total. The Hall–Kier alpha value is -2.28. The van der Waals surface area contributed by atoms with Crippen molar-refractivity contribution in [3.8, 4) is 0 Å². The predicted octanol–water partition coefficient (Wildman–Crippen LogP) is 3.17. The lowest BCUT2D eigenvalue weighted by Gasteiger charge is -2.37. The van der Waals surface area contributed by atoms with Crippen LogP contribution in [0.1, 0.15) is 32.1 Å². The highest BCUT2D eigenvalue weighted by molar-refractivity contribution is 5.80. The maximum Gasteiger partial charge on any atom is 0.317 e. The van der Waals surface area contributed by atoms with Gasteiger partial charge in [0.1, 0.15) is 0 Å². The van der Waals surface area contributed by atoms with Crippen molar-refractivity contribution in [2.45, 2.75) is 38.1 Å². The van der Waals surface area contributed by atoms with Crippen LogP contribution in [0.5, 0.6) is 0 Å². The first-order valence-corrected chi connectivity index (χ1v) is 10.9. The number of urea groups is 1. The Morgan fingerprint density at radius 1 is 1.17 bits per heavy atom. The molecule has 7 heteroatoms. The summed E-state index contributed by atoms with van der Waals surface area (Å²) in [6, 6.07) is 6.75. The SMILES string of the molecule is CN(C)C(=O)N[C@H]1CC[C@H](CCN2CCN(c3ccc4cnoc4c3)CC2)CC1. The molecule has 2 aliphatic rings. The number of hydrogen-bond acceptors (Lipinski definition) is 5. The Labute approximate surface area is 173 Å². The quantitative estimate of drug-likeness (QED) is 0.837. The molecule has 1 aliphatic heterocycles. The van der Waals surface area contributed by atoms with Gasteiger partial charge in [0.05, 0.1) is 6.20 Å². The number of fused-ring (bicyclic) bond motifs is 1. The van der Waals surface area contributed by atoms with Gasteiger partial charge < -0.3 is 19.6 Å². The number of rotatable bonds is 5. The number of aromatic nitrogens is 1. The van der Waals surface area contributed by atoms with Crippen LogP contribution in [0.15, 0.2) is 28.9 Å². The summed E-state index contributed by atoms with van der Waals surface area (Å²) in [5, 5.41) is 8.06. The third kappa shape index (κ3) is 5.01. The summed E-state index contributed by atoms with van der Waals surface area (Å²) in [5.41, 5.74) is 2.09. The van der Waals surface area contributed by atoms with Crippen molar-refractivity contribution in [2.24, 2.45) is 5.92 Å². The molecule has 0 spiro atoms. The van der Waals surface area contributed by atoms with Crippen LogP contribution in [0, 0.1) is 5.92 Å². The van der Waals surface area contributed by atoms with Gasteiger partial charge in [-0.25, -0.2) is 4.79 Å². The topological polar surface area (TPSA) is 64.9 Å². The van der Waals surface area contributed by atoms with Crippen LogP contribution >= 0.6 is 0 Å². The molecule has 2 aromatic rings.